The van der Waals surface area contributed by atoms with Crippen LogP contribution in [0.3, 0.4) is 0 Å². The number of rotatable bonds is 3. The second kappa shape index (κ2) is 5.32. The van der Waals surface area contributed by atoms with E-state index in [0.29, 0.717) is 11.3 Å². The SMILES string of the molecule is O=c1cc(CNc2cccc(F)c2F)nc2ccccn12. The van der Waals surface area contributed by atoms with Gasteiger partial charge in [-0.05, 0) is 24.3 Å². The van der Waals surface area contributed by atoms with Crippen LogP contribution < -0.4 is 10.9 Å². The third-order valence-electron chi connectivity index (χ3n) is 3.04. The molecular formula is C15H11F2N3O. The molecule has 2 aromatic heterocycles. The van der Waals surface area contributed by atoms with Gasteiger partial charge in [0.15, 0.2) is 11.6 Å². The van der Waals surface area contributed by atoms with Gasteiger partial charge in [0.05, 0.1) is 17.9 Å². The van der Waals surface area contributed by atoms with Gasteiger partial charge in [-0.2, -0.15) is 0 Å². The Balaban J connectivity index is 1.89. The van der Waals surface area contributed by atoms with Crippen LogP contribution in [0.4, 0.5) is 14.5 Å². The minimum atomic E-state index is -0.949. The van der Waals surface area contributed by atoms with E-state index in [1.54, 1.807) is 24.4 Å². The van der Waals surface area contributed by atoms with Crippen molar-refractivity contribution < 1.29 is 8.78 Å². The molecule has 0 radical (unpaired) electrons. The molecule has 0 amide bonds. The number of fused-ring (bicyclic) bond motifs is 1. The van der Waals surface area contributed by atoms with Gasteiger partial charge in [-0.1, -0.05) is 12.1 Å². The van der Waals surface area contributed by atoms with Crippen LogP contribution in [0.15, 0.2) is 53.5 Å². The summed E-state index contributed by atoms with van der Waals surface area (Å²) in [5.41, 5.74) is 0.763. The largest absolute Gasteiger partial charge is 0.377 e. The second-order valence-corrected chi connectivity index (χ2v) is 4.47. The van der Waals surface area contributed by atoms with Crippen molar-refractivity contribution in [3.63, 3.8) is 0 Å². The monoisotopic (exact) mass is 287 g/mol. The third kappa shape index (κ3) is 2.60. The number of hydrogen-bond donors (Lipinski definition) is 1. The summed E-state index contributed by atoms with van der Waals surface area (Å²) in [6.07, 6.45) is 1.62. The Morgan fingerprint density at radius 3 is 2.86 bits per heavy atom. The zero-order chi connectivity index (χ0) is 14.8. The van der Waals surface area contributed by atoms with Crippen molar-refractivity contribution in [2.24, 2.45) is 0 Å². The third-order valence-corrected chi connectivity index (χ3v) is 3.04. The average molecular weight is 287 g/mol. The maximum absolute atomic E-state index is 13.5. The quantitative estimate of drug-likeness (QED) is 0.805. The normalized spacial score (nSPS) is 10.8. The van der Waals surface area contributed by atoms with Crippen molar-refractivity contribution in [3.05, 3.63) is 76.3 Å². The van der Waals surface area contributed by atoms with Crippen LogP contribution in [-0.2, 0) is 6.54 Å². The van der Waals surface area contributed by atoms with Crippen molar-refractivity contribution in [1.29, 1.82) is 0 Å². The van der Waals surface area contributed by atoms with E-state index >= 15 is 0 Å². The molecule has 0 unspecified atom stereocenters. The highest BCUT2D eigenvalue weighted by atomic mass is 19.2. The molecule has 0 aliphatic heterocycles. The Kier molecular flexibility index (Phi) is 3.35. The second-order valence-electron chi connectivity index (χ2n) is 4.47. The Labute approximate surface area is 118 Å². The van der Waals surface area contributed by atoms with Crippen molar-refractivity contribution in [1.82, 2.24) is 9.38 Å². The number of benzene rings is 1. The maximum Gasteiger partial charge on any atom is 0.258 e. The maximum atomic E-state index is 13.5. The van der Waals surface area contributed by atoms with E-state index in [0.717, 1.165) is 6.07 Å². The molecule has 2 heterocycles. The highest BCUT2D eigenvalue weighted by Gasteiger charge is 2.08. The topological polar surface area (TPSA) is 46.4 Å². The van der Waals surface area contributed by atoms with Gasteiger partial charge in [0.25, 0.3) is 5.56 Å². The van der Waals surface area contributed by atoms with Crippen LogP contribution >= 0.6 is 0 Å². The molecule has 4 nitrogen and oxygen atoms in total. The fourth-order valence-electron chi connectivity index (χ4n) is 2.02. The first-order valence-corrected chi connectivity index (χ1v) is 6.30. The molecule has 106 valence electrons. The van der Waals surface area contributed by atoms with Crippen molar-refractivity contribution in [2.75, 3.05) is 5.32 Å². The van der Waals surface area contributed by atoms with Crippen molar-refractivity contribution >= 4 is 11.3 Å². The smallest absolute Gasteiger partial charge is 0.258 e. The number of pyridine rings is 1. The minimum Gasteiger partial charge on any atom is -0.377 e. The first-order valence-electron chi connectivity index (χ1n) is 6.30. The van der Waals surface area contributed by atoms with Crippen LogP contribution in [0.25, 0.3) is 5.65 Å². The molecule has 21 heavy (non-hydrogen) atoms. The van der Waals surface area contributed by atoms with E-state index < -0.39 is 11.6 Å². The summed E-state index contributed by atoms with van der Waals surface area (Å²) < 4.78 is 28.0. The average Bonchev–Trinajstić information content (AvgIpc) is 2.49. The van der Waals surface area contributed by atoms with Crippen LogP contribution in [0, 0.1) is 11.6 Å². The van der Waals surface area contributed by atoms with Gasteiger partial charge < -0.3 is 5.32 Å². The highest BCUT2D eigenvalue weighted by molar-refractivity contribution is 5.45. The summed E-state index contributed by atoms with van der Waals surface area (Å²) in [7, 11) is 0. The summed E-state index contributed by atoms with van der Waals surface area (Å²) in [6, 6.07) is 10.4. The van der Waals surface area contributed by atoms with E-state index in [1.807, 2.05) is 0 Å². The molecule has 3 aromatic rings. The number of nitrogens with zero attached hydrogens (tertiary/aromatic N) is 2. The number of anilines is 1. The highest BCUT2D eigenvalue weighted by Crippen LogP contribution is 2.17. The molecule has 1 aromatic carbocycles. The minimum absolute atomic E-state index is 0.0325. The van der Waals surface area contributed by atoms with Gasteiger partial charge in [0.1, 0.15) is 5.65 Å². The predicted octanol–water partition coefficient (Wildman–Crippen LogP) is 2.58. The Morgan fingerprint density at radius 1 is 1.14 bits per heavy atom. The van der Waals surface area contributed by atoms with Crippen LogP contribution in [-0.4, -0.2) is 9.38 Å². The lowest BCUT2D eigenvalue weighted by molar-refractivity contribution is 0.511. The summed E-state index contributed by atoms with van der Waals surface area (Å²) in [5.74, 6) is -1.87. The van der Waals surface area contributed by atoms with Gasteiger partial charge in [0.2, 0.25) is 0 Å². The van der Waals surface area contributed by atoms with Crippen LogP contribution in [0.2, 0.25) is 0 Å². The number of hydrogen-bond acceptors (Lipinski definition) is 3. The Bertz CT molecular complexity index is 861. The molecule has 0 saturated carbocycles. The van der Waals surface area contributed by atoms with Gasteiger partial charge >= 0.3 is 0 Å². The number of aromatic nitrogens is 2. The molecule has 0 aliphatic rings. The van der Waals surface area contributed by atoms with Gasteiger partial charge in [-0.25, -0.2) is 13.8 Å². The first-order chi connectivity index (χ1) is 10.1. The Hall–Kier alpha value is -2.76. The molecule has 0 atom stereocenters. The number of nitrogens with one attached hydrogen (secondary N) is 1. The number of halogens is 2. The van der Waals surface area contributed by atoms with Crippen molar-refractivity contribution in [2.45, 2.75) is 6.54 Å². The summed E-state index contributed by atoms with van der Waals surface area (Å²) >= 11 is 0. The fraction of sp³-hybridized carbons (Fsp3) is 0.0667. The summed E-state index contributed by atoms with van der Waals surface area (Å²) in [5, 5.41) is 2.74. The van der Waals surface area contributed by atoms with Crippen molar-refractivity contribution in [3.8, 4) is 0 Å². The molecule has 0 fully saturated rings. The molecule has 0 aliphatic carbocycles. The van der Waals surface area contributed by atoms with E-state index in [-0.39, 0.29) is 17.8 Å². The van der Waals surface area contributed by atoms with Gasteiger partial charge in [-0.15, -0.1) is 0 Å². The molecule has 0 saturated heterocycles. The molecule has 0 bridgehead atoms. The summed E-state index contributed by atoms with van der Waals surface area (Å²) in [4.78, 5) is 16.2. The molecule has 1 N–H and O–H groups in total. The van der Waals surface area contributed by atoms with E-state index in [4.69, 9.17) is 0 Å². The lowest BCUT2D eigenvalue weighted by Gasteiger charge is -2.08. The molecular weight excluding hydrogens is 276 g/mol. The zero-order valence-electron chi connectivity index (χ0n) is 10.9. The van der Waals surface area contributed by atoms with Gasteiger partial charge in [0, 0.05) is 12.3 Å². The van der Waals surface area contributed by atoms with E-state index in [9.17, 15) is 13.6 Å². The lowest BCUT2D eigenvalue weighted by Crippen LogP contribution is -2.16. The van der Waals surface area contributed by atoms with E-state index in [2.05, 4.69) is 10.3 Å². The standard InChI is InChI=1S/C15H11F2N3O/c16-11-4-3-5-12(15(11)17)18-9-10-8-14(21)20-7-2-1-6-13(20)19-10/h1-8,18H,9H2. The summed E-state index contributed by atoms with van der Waals surface area (Å²) in [6.45, 7) is 0.126. The van der Waals surface area contributed by atoms with E-state index in [1.165, 1.54) is 22.6 Å². The molecule has 3 rings (SSSR count). The lowest BCUT2D eigenvalue weighted by atomic mass is 10.3. The first kappa shape index (κ1) is 13.2. The van der Waals surface area contributed by atoms with Gasteiger partial charge in [-0.3, -0.25) is 9.20 Å². The zero-order valence-corrected chi connectivity index (χ0v) is 10.9. The van der Waals surface area contributed by atoms with Crippen LogP contribution in [0.1, 0.15) is 5.69 Å². The fourth-order valence-corrected chi connectivity index (χ4v) is 2.02. The molecule has 6 heteroatoms. The molecule has 0 spiro atoms. The predicted molar refractivity (Wildman–Crippen MR) is 75.1 cm³/mol. The Morgan fingerprint density at radius 2 is 2.00 bits per heavy atom. The van der Waals surface area contributed by atoms with Crippen LogP contribution in [0.5, 0.6) is 0 Å².